The minimum atomic E-state index is -4.07. The van der Waals surface area contributed by atoms with Crippen molar-refractivity contribution in [3.63, 3.8) is 0 Å². The summed E-state index contributed by atoms with van der Waals surface area (Å²) in [6, 6.07) is 0. The normalized spacial score (nSPS) is 13.2. The molecule has 6 nitrogen and oxygen atoms in total. The summed E-state index contributed by atoms with van der Waals surface area (Å²) < 4.78 is 65.7. The Morgan fingerprint density at radius 1 is 0.390 bits per heavy atom. The summed E-state index contributed by atoms with van der Waals surface area (Å²) in [7, 11) is -8.13. The van der Waals surface area contributed by atoms with Gasteiger partial charge in [0.15, 0.2) is 0 Å². The Morgan fingerprint density at radius 3 is 0.805 bits per heavy atom. The van der Waals surface area contributed by atoms with Gasteiger partial charge in [-0.05, 0) is 37.5 Å². The van der Waals surface area contributed by atoms with Gasteiger partial charge in [-0.25, -0.2) is 16.8 Å². The molecule has 2 unspecified atom stereocenters. The quantitative estimate of drug-likeness (QED) is 0.0451. The maximum absolute atomic E-state index is 10.9. The Labute approximate surface area is 277 Å². The summed E-state index contributed by atoms with van der Waals surface area (Å²) >= 11 is 0. The van der Waals surface area contributed by atoms with E-state index >= 15 is 0 Å². The van der Waals surface area contributed by atoms with Gasteiger partial charge in [0.2, 0.25) is 0 Å². The summed E-state index contributed by atoms with van der Waals surface area (Å²) in [5.74, 6) is -0.150. The second-order valence-electron chi connectivity index (χ2n) is 12.0. The molecule has 41 heavy (non-hydrogen) atoms. The van der Waals surface area contributed by atoms with Gasteiger partial charge < -0.3 is 9.11 Å². The van der Waals surface area contributed by atoms with Crippen molar-refractivity contribution in [1.29, 1.82) is 0 Å². The third kappa shape index (κ3) is 40.7. The summed E-state index contributed by atoms with van der Waals surface area (Å²) in [5.41, 5.74) is 0. The predicted molar refractivity (Wildman–Crippen MR) is 170 cm³/mol. The molecule has 0 aliphatic heterocycles. The van der Waals surface area contributed by atoms with E-state index in [2.05, 4.69) is 27.7 Å². The van der Waals surface area contributed by atoms with Crippen LogP contribution in [0.15, 0.2) is 0 Å². The smallest absolute Gasteiger partial charge is 0.748 e. The number of rotatable bonds is 28. The van der Waals surface area contributed by atoms with Crippen LogP contribution in [-0.4, -0.2) is 37.4 Å². The van der Waals surface area contributed by atoms with Gasteiger partial charge in [-0.15, -0.1) is 0 Å². The molecule has 0 saturated heterocycles. The molecule has 0 fully saturated rings. The van der Waals surface area contributed by atoms with E-state index in [1.54, 1.807) is 0 Å². The minimum absolute atomic E-state index is 0. The third-order valence-electron chi connectivity index (χ3n) is 7.74. The summed E-state index contributed by atoms with van der Waals surface area (Å²) in [6.07, 6.45) is 27.4. The Bertz CT molecular complexity index is 666. The van der Waals surface area contributed by atoms with Crippen molar-refractivity contribution in [2.75, 3.05) is 11.5 Å². The van der Waals surface area contributed by atoms with Gasteiger partial charge in [-0.2, -0.15) is 0 Å². The average Bonchev–Trinajstić information content (AvgIpc) is 2.87. The van der Waals surface area contributed by atoms with Gasteiger partial charge in [0.25, 0.3) is 0 Å². The number of hydrogen-bond donors (Lipinski definition) is 0. The zero-order chi connectivity index (χ0) is 30.5. The molecule has 0 N–H and O–H groups in total. The summed E-state index contributed by atoms with van der Waals surface area (Å²) in [6.45, 7) is 8.72. The van der Waals surface area contributed by atoms with Crippen LogP contribution in [0.3, 0.4) is 0 Å². The molecule has 9 heteroatoms. The first-order valence-corrected chi connectivity index (χ1v) is 20.0. The van der Waals surface area contributed by atoms with Crippen molar-refractivity contribution in [2.45, 2.75) is 182 Å². The number of hydrogen-bond acceptors (Lipinski definition) is 6. The second kappa shape index (κ2) is 32.1. The molecule has 0 radical (unpaired) electrons. The van der Waals surface area contributed by atoms with Crippen LogP contribution in [0, 0.1) is 11.8 Å². The van der Waals surface area contributed by atoms with Gasteiger partial charge in [-0.1, -0.05) is 156 Å². The fourth-order valence-electron chi connectivity index (χ4n) is 5.35. The first-order chi connectivity index (χ1) is 19.0. The van der Waals surface area contributed by atoms with E-state index in [0.29, 0.717) is 0 Å². The van der Waals surface area contributed by atoms with Crippen molar-refractivity contribution in [1.82, 2.24) is 0 Å². The molecule has 244 valence electrons. The van der Waals surface area contributed by atoms with E-state index in [-0.39, 0.29) is 50.6 Å². The molecule has 0 aliphatic carbocycles. The monoisotopic (exact) mass is 724 g/mol. The average molecular weight is 723 g/mol. The summed E-state index contributed by atoms with van der Waals surface area (Å²) in [4.78, 5) is 0. The topological polar surface area (TPSA) is 114 Å². The third-order valence-corrected chi connectivity index (χ3v) is 9.50. The van der Waals surface area contributed by atoms with Gasteiger partial charge >= 0.3 is 27.3 Å². The van der Waals surface area contributed by atoms with Crippen LogP contribution in [0.5, 0.6) is 0 Å². The Kier molecular flexibility index (Phi) is 36.2. The molecule has 0 amide bonds. The predicted octanol–water partition coefficient (Wildman–Crippen LogP) is 9.74. The molecule has 0 aliphatic rings. The van der Waals surface area contributed by atoms with E-state index in [4.69, 9.17) is 0 Å². The molecular weight excluding hydrogens is 657 g/mol. The first kappa shape index (κ1) is 46.2. The molecule has 0 spiro atoms. The van der Waals surface area contributed by atoms with E-state index in [0.717, 1.165) is 64.2 Å². The zero-order valence-corrected chi connectivity index (χ0v) is 33.2. The Hall–Kier alpha value is 0.742. The molecule has 0 heterocycles. The largest absolute Gasteiger partial charge is 2.00 e. The fourth-order valence-corrected chi connectivity index (χ4v) is 7.17. The van der Waals surface area contributed by atoms with Gasteiger partial charge in [-0.3, -0.25) is 0 Å². The van der Waals surface area contributed by atoms with Crippen molar-refractivity contribution in [3.05, 3.63) is 0 Å². The van der Waals surface area contributed by atoms with Crippen molar-refractivity contribution in [2.24, 2.45) is 11.8 Å². The van der Waals surface area contributed by atoms with Crippen LogP contribution in [0.4, 0.5) is 0 Å². The molecule has 0 saturated carbocycles. The molecule has 0 aromatic rings. The second-order valence-corrected chi connectivity index (χ2v) is 14.9. The van der Waals surface area contributed by atoms with Crippen LogP contribution in [0.2, 0.25) is 0 Å². The Balaban J connectivity index is -0.000000688. The zero-order valence-electron chi connectivity index (χ0n) is 27.5. The number of unbranched alkanes of at least 4 members (excludes halogenated alkanes) is 16. The SMILES string of the molecule is CCCCCCCCC(CCCCCC)CS(=O)(=O)[O-].CCCCCCCCC(CCCCCC)CS(=O)(=O)[O-].[Cd+2]. The standard InChI is InChI=1S/2C16H34O3S.Cd/c2*1-3-5-7-9-10-12-14-16(15-20(17,18)19)13-11-8-6-4-2;/h2*16H,3-15H2,1-2H3,(H,17,18,19);/q;;+2/p-2. The maximum atomic E-state index is 10.9. The van der Waals surface area contributed by atoms with Gasteiger partial charge in [0.05, 0.1) is 20.2 Å². The van der Waals surface area contributed by atoms with Crippen LogP contribution < -0.4 is 0 Å². The van der Waals surface area contributed by atoms with Crippen LogP contribution in [0.25, 0.3) is 0 Å². The van der Waals surface area contributed by atoms with Crippen molar-refractivity contribution >= 4 is 20.2 Å². The van der Waals surface area contributed by atoms with Crippen molar-refractivity contribution in [3.8, 4) is 0 Å². The van der Waals surface area contributed by atoms with Crippen molar-refractivity contribution < 1.29 is 53.2 Å². The van der Waals surface area contributed by atoms with E-state index in [1.165, 1.54) is 89.9 Å². The van der Waals surface area contributed by atoms with Gasteiger partial charge in [0, 0.05) is 11.5 Å². The van der Waals surface area contributed by atoms with E-state index in [1.807, 2.05) is 0 Å². The van der Waals surface area contributed by atoms with Crippen LogP contribution in [-0.2, 0) is 47.5 Å². The maximum Gasteiger partial charge on any atom is 2.00 e. The molecule has 0 aromatic carbocycles. The molecule has 2 atom stereocenters. The molecular formula is C32H66CdO6S2. The minimum Gasteiger partial charge on any atom is -0.748 e. The van der Waals surface area contributed by atoms with Gasteiger partial charge in [0.1, 0.15) is 0 Å². The van der Waals surface area contributed by atoms with E-state index in [9.17, 15) is 25.9 Å². The first-order valence-electron chi connectivity index (χ1n) is 16.9. The molecule has 0 rings (SSSR count). The molecule has 0 bridgehead atoms. The Morgan fingerprint density at radius 2 is 0.585 bits per heavy atom. The molecule has 0 aromatic heterocycles. The van der Waals surface area contributed by atoms with Crippen LogP contribution >= 0.6 is 0 Å². The fraction of sp³-hybridized carbons (Fsp3) is 1.00. The summed E-state index contributed by atoms with van der Waals surface area (Å²) in [5, 5.41) is 0. The van der Waals surface area contributed by atoms with E-state index < -0.39 is 20.2 Å². The van der Waals surface area contributed by atoms with Crippen LogP contribution in [0.1, 0.15) is 182 Å².